The van der Waals surface area contributed by atoms with Gasteiger partial charge < -0.3 is 20.1 Å². The molecule has 2 N–H and O–H groups in total. The Bertz CT molecular complexity index is 1020. The normalized spacial score (nSPS) is 17.0. The summed E-state index contributed by atoms with van der Waals surface area (Å²) in [5, 5.41) is 1.76. The second-order valence-electron chi connectivity index (χ2n) is 6.79. The van der Waals surface area contributed by atoms with E-state index in [9.17, 15) is 4.79 Å². The van der Waals surface area contributed by atoms with Crippen LogP contribution >= 0.6 is 11.3 Å². The van der Waals surface area contributed by atoms with Crippen molar-refractivity contribution in [3.8, 4) is 11.5 Å². The number of ether oxygens (including phenoxy) is 2. The lowest BCUT2D eigenvalue weighted by Gasteiger charge is -2.19. The minimum Gasteiger partial charge on any atom is -0.454 e. The summed E-state index contributed by atoms with van der Waals surface area (Å²) in [5.74, 6) is 1.45. The summed E-state index contributed by atoms with van der Waals surface area (Å²) >= 11 is 1.38. The molecule has 4 heterocycles. The molecule has 1 saturated heterocycles. The lowest BCUT2D eigenvalue weighted by molar-refractivity contribution is 0.0767. The SMILES string of the molecule is Nc1c(C(=O)N2CCCCCC2)sc2nc3cc4c(cc3cc12)OCO4. The molecular weight excluding hydrogens is 350 g/mol. The molecule has 2 aliphatic rings. The molecular formula is C19H19N3O3S. The fourth-order valence-electron chi connectivity index (χ4n) is 3.67. The number of anilines is 1. The van der Waals surface area contributed by atoms with Crippen LogP contribution in [0.3, 0.4) is 0 Å². The fourth-order valence-corrected chi connectivity index (χ4v) is 4.72. The van der Waals surface area contributed by atoms with Crippen LogP contribution in [-0.2, 0) is 0 Å². The number of rotatable bonds is 1. The van der Waals surface area contributed by atoms with Gasteiger partial charge in [0.05, 0.1) is 11.2 Å². The molecule has 0 bridgehead atoms. The molecule has 5 rings (SSSR count). The van der Waals surface area contributed by atoms with Crippen LogP contribution in [0.4, 0.5) is 5.69 Å². The van der Waals surface area contributed by atoms with Gasteiger partial charge in [0.15, 0.2) is 11.5 Å². The van der Waals surface area contributed by atoms with Crippen LogP contribution in [0.5, 0.6) is 11.5 Å². The number of thiophene rings is 1. The Morgan fingerprint density at radius 2 is 1.81 bits per heavy atom. The molecule has 1 aromatic carbocycles. The first-order chi connectivity index (χ1) is 12.7. The molecule has 3 aromatic rings. The number of aromatic nitrogens is 1. The van der Waals surface area contributed by atoms with Crippen LogP contribution in [-0.4, -0.2) is 35.7 Å². The number of pyridine rings is 1. The van der Waals surface area contributed by atoms with Crippen molar-refractivity contribution in [2.75, 3.05) is 25.6 Å². The summed E-state index contributed by atoms with van der Waals surface area (Å²) in [6.07, 6.45) is 4.50. The van der Waals surface area contributed by atoms with Crippen LogP contribution in [0.2, 0.25) is 0 Å². The van der Waals surface area contributed by atoms with Crippen molar-refractivity contribution < 1.29 is 14.3 Å². The van der Waals surface area contributed by atoms with Gasteiger partial charge in [0, 0.05) is 29.9 Å². The van der Waals surface area contributed by atoms with Gasteiger partial charge in [-0.25, -0.2) is 4.98 Å². The molecule has 6 nitrogen and oxygen atoms in total. The predicted molar refractivity (Wildman–Crippen MR) is 102 cm³/mol. The summed E-state index contributed by atoms with van der Waals surface area (Å²) in [7, 11) is 0. The molecule has 7 heteroatoms. The van der Waals surface area contributed by atoms with Crippen LogP contribution < -0.4 is 15.2 Å². The third-order valence-electron chi connectivity index (χ3n) is 5.10. The highest BCUT2D eigenvalue weighted by molar-refractivity contribution is 7.21. The number of carbonyl (C=O) groups excluding carboxylic acids is 1. The highest BCUT2D eigenvalue weighted by atomic mass is 32.1. The number of nitrogen functional groups attached to an aromatic ring is 1. The quantitative estimate of drug-likeness (QED) is 0.706. The minimum atomic E-state index is 0.0330. The first kappa shape index (κ1) is 15.7. The molecule has 0 atom stereocenters. The highest BCUT2D eigenvalue weighted by Crippen LogP contribution is 2.40. The molecule has 0 aliphatic carbocycles. The lowest BCUT2D eigenvalue weighted by Crippen LogP contribution is -2.31. The number of carbonyl (C=O) groups is 1. The van der Waals surface area contributed by atoms with Gasteiger partial charge in [0.25, 0.3) is 5.91 Å². The maximum atomic E-state index is 13.0. The Labute approximate surface area is 154 Å². The van der Waals surface area contributed by atoms with Gasteiger partial charge in [-0.15, -0.1) is 11.3 Å². The van der Waals surface area contributed by atoms with Gasteiger partial charge in [0.2, 0.25) is 6.79 Å². The summed E-state index contributed by atoms with van der Waals surface area (Å²) < 4.78 is 10.9. The number of nitrogens with zero attached hydrogens (tertiary/aromatic N) is 2. The fraction of sp³-hybridized carbons (Fsp3) is 0.368. The summed E-state index contributed by atoms with van der Waals surface area (Å²) in [6.45, 7) is 1.85. The van der Waals surface area contributed by atoms with E-state index in [1.54, 1.807) is 0 Å². The van der Waals surface area contributed by atoms with Crippen LogP contribution in [0.25, 0.3) is 21.1 Å². The molecule has 26 heavy (non-hydrogen) atoms. The van der Waals surface area contributed by atoms with Crippen molar-refractivity contribution in [3.05, 3.63) is 23.1 Å². The Hall–Kier alpha value is -2.54. The second-order valence-corrected chi connectivity index (χ2v) is 7.79. The van der Waals surface area contributed by atoms with E-state index >= 15 is 0 Å². The Kier molecular flexibility index (Phi) is 3.63. The van der Waals surface area contributed by atoms with Crippen molar-refractivity contribution in [2.45, 2.75) is 25.7 Å². The number of likely N-dealkylation sites (tertiary alicyclic amines) is 1. The number of nitrogens with two attached hydrogens (primary N) is 1. The van der Waals surface area contributed by atoms with Crippen molar-refractivity contribution in [1.29, 1.82) is 0 Å². The summed E-state index contributed by atoms with van der Waals surface area (Å²) in [4.78, 5) is 21.0. The van der Waals surface area contributed by atoms with Crippen LogP contribution in [0, 0.1) is 0 Å². The third kappa shape index (κ3) is 2.46. The van der Waals surface area contributed by atoms with Crippen molar-refractivity contribution in [2.24, 2.45) is 0 Å². The van der Waals surface area contributed by atoms with Crippen molar-refractivity contribution in [3.63, 3.8) is 0 Å². The highest BCUT2D eigenvalue weighted by Gasteiger charge is 2.24. The largest absolute Gasteiger partial charge is 0.454 e. The zero-order chi connectivity index (χ0) is 17.7. The number of amides is 1. The molecule has 0 saturated carbocycles. The number of benzene rings is 1. The molecule has 1 amide bonds. The van der Waals surface area contributed by atoms with Gasteiger partial charge in [0.1, 0.15) is 9.71 Å². The van der Waals surface area contributed by atoms with Crippen LogP contribution in [0.1, 0.15) is 35.4 Å². The van der Waals surface area contributed by atoms with E-state index in [2.05, 4.69) is 0 Å². The Balaban J connectivity index is 1.59. The van der Waals surface area contributed by atoms with Gasteiger partial charge in [-0.05, 0) is 25.0 Å². The maximum Gasteiger partial charge on any atom is 0.266 e. The number of fused-ring (bicyclic) bond motifs is 3. The van der Waals surface area contributed by atoms with E-state index < -0.39 is 0 Å². The molecule has 2 aliphatic heterocycles. The molecule has 134 valence electrons. The first-order valence-electron chi connectivity index (χ1n) is 8.92. The molecule has 2 aromatic heterocycles. The first-order valence-corrected chi connectivity index (χ1v) is 9.74. The molecule has 0 radical (unpaired) electrons. The van der Waals surface area contributed by atoms with Crippen molar-refractivity contribution >= 4 is 44.1 Å². The Morgan fingerprint density at radius 3 is 2.58 bits per heavy atom. The van der Waals surface area contributed by atoms with E-state index in [-0.39, 0.29) is 12.7 Å². The van der Waals surface area contributed by atoms with Gasteiger partial charge in [-0.3, -0.25) is 4.79 Å². The third-order valence-corrected chi connectivity index (χ3v) is 6.20. The maximum absolute atomic E-state index is 13.0. The van der Waals surface area contributed by atoms with Gasteiger partial charge >= 0.3 is 0 Å². The average Bonchev–Trinajstić information content (AvgIpc) is 3.10. The van der Waals surface area contributed by atoms with E-state index in [4.69, 9.17) is 20.2 Å². The second kappa shape index (κ2) is 6.02. The zero-order valence-electron chi connectivity index (χ0n) is 14.3. The van der Waals surface area contributed by atoms with E-state index in [0.717, 1.165) is 47.1 Å². The lowest BCUT2D eigenvalue weighted by atomic mass is 10.1. The topological polar surface area (TPSA) is 77.7 Å². The monoisotopic (exact) mass is 369 g/mol. The smallest absolute Gasteiger partial charge is 0.266 e. The standard InChI is InChI=1S/C19H19N3O3S/c20-16-12-7-11-8-14-15(25-10-24-14)9-13(11)21-18(12)26-17(16)19(23)22-5-3-1-2-4-6-22/h7-9H,1-6,10,20H2. The minimum absolute atomic E-state index is 0.0330. The van der Waals surface area contributed by atoms with E-state index in [0.29, 0.717) is 22.1 Å². The van der Waals surface area contributed by atoms with Crippen molar-refractivity contribution in [1.82, 2.24) is 9.88 Å². The molecule has 1 fully saturated rings. The molecule has 0 spiro atoms. The zero-order valence-corrected chi connectivity index (χ0v) is 15.1. The number of hydrogen-bond donors (Lipinski definition) is 1. The van der Waals surface area contributed by atoms with E-state index in [1.165, 1.54) is 24.2 Å². The van der Waals surface area contributed by atoms with E-state index in [1.807, 2.05) is 23.1 Å². The Morgan fingerprint density at radius 1 is 1.08 bits per heavy atom. The number of hydrogen-bond acceptors (Lipinski definition) is 6. The predicted octanol–water partition coefficient (Wildman–Crippen LogP) is 3.78. The summed E-state index contributed by atoms with van der Waals surface area (Å²) in [6, 6.07) is 5.78. The van der Waals surface area contributed by atoms with Gasteiger partial charge in [-0.1, -0.05) is 12.8 Å². The summed E-state index contributed by atoms with van der Waals surface area (Å²) in [5.41, 5.74) is 7.71. The van der Waals surface area contributed by atoms with Gasteiger partial charge in [-0.2, -0.15) is 0 Å². The molecule has 0 unspecified atom stereocenters. The average molecular weight is 369 g/mol. The van der Waals surface area contributed by atoms with Crippen LogP contribution in [0.15, 0.2) is 18.2 Å².